The van der Waals surface area contributed by atoms with E-state index in [1.165, 1.54) is 0 Å². The SMILES string of the molecule is CC(C)(CO)CO.O=C(O)CCCCC(=O)O.O=c1oc(=O)c2cc3c(=O)oc(=O)c3cc12.OCCCCCCO. The number of fused-ring (bicyclic) bond motifs is 2. The number of aliphatic hydroxyl groups is 4. The van der Waals surface area contributed by atoms with Crippen LogP contribution in [0.15, 0.2) is 40.1 Å². The molecular weight excluding hydrogens is 548 g/mol. The highest BCUT2D eigenvalue weighted by molar-refractivity contribution is 5.96. The van der Waals surface area contributed by atoms with Crippen LogP contribution in [0, 0.1) is 5.41 Å². The van der Waals surface area contributed by atoms with Crippen LogP contribution in [0.1, 0.15) is 65.2 Å². The minimum Gasteiger partial charge on any atom is -0.481 e. The van der Waals surface area contributed by atoms with E-state index in [9.17, 15) is 28.8 Å². The summed E-state index contributed by atoms with van der Waals surface area (Å²) in [5.41, 5.74) is -3.60. The van der Waals surface area contributed by atoms with E-state index in [4.69, 9.17) is 30.6 Å². The Balaban J connectivity index is 0.000000560. The van der Waals surface area contributed by atoms with Gasteiger partial charge in [-0.05, 0) is 37.8 Å². The summed E-state index contributed by atoms with van der Waals surface area (Å²) in [6, 6.07) is 2.29. The first-order valence-electron chi connectivity index (χ1n) is 12.8. The molecule has 0 aliphatic heterocycles. The van der Waals surface area contributed by atoms with Crippen molar-refractivity contribution >= 4 is 33.5 Å². The molecule has 14 nitrogen and oxygen atoms in total. The smallest absolute Gasteiger partial charge is 0.346 e. The summed E-state index contributed by atoms with van der Waals surface area (Å²) in [5, 5.41) is 49.7. The molecule has 41 heavy (non-hydrogen) atoms. The van der Waals surface area contributed by atoms with Crippen molar-refractivity contribution in [2.24, 2.45) is 5.41 Å². The zero-order valence-electron chi connectivity index (χ0n) is 23.1. The molecule has 0 aliphatic rings. The van der Waals surface area contributed by atoms with Crippen LogP contribution in [0.4, 0.5) is 0 Å². The predicted molar refractivity (Wildman–Crippen MR) is 148 cm³/mol. The number of carboxylic acid groups (broad SMARTS) is 2. The first kappa shape index (κ1) is 37.3. The lowest BCUT2D eigenvalue weighted by Gasteiger charge is -2.16. The molecular formula is C27H38O14. The van der Waals surface area contributed by atoms with Gasteiger partial charge in [0.1, 0.15) is 0 Å². The number of furan rings is 2. The molecule has 0 spiro atoms. The van der Waals surface area contributed by atoms with Gasteiger partial charge in [-0.1, -0.05) is 26.7 Å². The number of aliphatic carboxylic acids is 2. The van der Waals surface area contributed by atoms with Crippen LogP contribution in [-0.4, -0.2) is 69.0 Å². The number of hydrogen-bond acceptors (Lipinski definition) is 12. The second-order valence-electron chi connectivity index (χ2n) is 9.63. The van der Waals surface area contributed by atoms with Gasteiger partial charge in [0.05, 0.1) is 34.8 Å². The fourth-order valence-corrected chi connectivity index (χ4v) is 2.84. The molecule has 230 valence electrons. The monoisotopic (exact) mass is 586 g/mol. The molecule has 3 rings (SSSR count). The van der Waals surface area contributed by atoms with E-state index in [2.05, 4.69) is 8.83 Å². The normalized spacial score (nSPS) is 10.7. The first-order chi connectivity index (χ1) is 19.2. The van der Waals surface area contributed by atoms with Crippen molar-refractivity contribution in [3.05, 3.63) is 53.8 Å². The Bertz CT molecular complexity index is 1230. The van der Waals surface area contributed by atoms with Crippen molar-refractivity contribution in [3.63, 3.8) is 0 Å². The lowest BCUT2D eigenvalue weighted by molar-refractivity contribution is -0.139. The first-order valence-corrected chi connectivity index (χ1v) is 12.8. The summed E-state index contributed by atoms with van der Waals surface area (Å²) in [7, 11) is 0. The number of carboxylic acids is 2. The number of benzene rings is 1. The van der Waals surface area contributed by atoms with Gasteiger partial charge in [-0.3, -0.25) is 9.59 Å². The fraction of sp³-hybridized carbons (Fsp3) is 0.556. The van der Waals surface area contributed by atoms with Crippen LogP contribution in [0.3, 0.4) is 0 Å². The van der Waals surface area contributed by atoms with Gasteiger partial charge < -0.3 is 39.5 Å². The van der Waals surface area contributed by atoms with E-state index < -0.39 is 34.4 Å². The lowest BCUT2D eigenvalue weighted by Crippen LogP contribution is -2.20. The maximum Gasteiger partial charge on any atom is 0.346 e. The molecule has 14 heteroatoms. The van der Waals surface area contributed by atoms with Crippen molar-refractivity contribution in [1.82, 2.24) is 0 Å². The second-order valence-corrected chi connectivity index (χ2v) is 9.63. The molecule has 0 saturated carbocycles. The van der Waals surface area contributed by atoms with Crippen LogP contribution >= 0.6 is 0 Å². The van der Waals surface area contributed by atoms with E-state index in [1.54, 1.807) is 13.8 Å². The molecule has 1 aromatic carbocycles. The molecule has 0 saturated heterocycles. The maximum absolute atomic E-state index is 11.2. The Morgan fingerprint density at radius 1 is 0.585 bits per heavy atom. The topological polar surface area (TPSA) is 250 Å². The van der Waals surface area contributed by atoms with Gasteiger partial charge in [-0.2, -0.15) is 0 Å². The van der Waals surface area contributed by atoms with Crippen molar-refractivity contribution in [1.29, 1.82) is 0 Å². The number of aliphatic hydroxyl groups excluding tert-OH is 4. The van der Waals surface area contributed by atoms with Crippen LogP contribution in [0.2, 0.25) is 0 Å². The zero-order chi connectivity index (χ0) is 31.6. The van der Waals surface area contributed by atoms with Gasteiger partial charge in [0.25, 0.3) is 0 Å². The Kier molecular flexibility index (Phi) is 17.6. The average Bonchev–Trinajstić information content (AvgIpc) is 3.37. The summed E-state index contributed by atoms with van der Waals surface area (Å²) in [6.45, 7) is 4.25. The van der Waals surface area contributed by atoms with E-state index in [0.29, 0.717) is 12.8 Å². The minimum atomic E-state index is -0.870. The summed E-state index contributed by atoms with van der Waals surface area (Å²) in [4.78, 5) is 64.5. The largest absolute Gasteiger partial charge is 0.481 e. The molecule has 0 amide bonds. The summed E-state index contributed by atoms with van der Waals surface area (Å²) in [5.74, 6) is -1.74. The predicted octanol–water partition coefficient (Wildman–Crippen LogP) is 0.740. The van der Waals surface area contributed by atoms with Gasteiger partial charge in [-0.15, -0.1) is 0 Å². The molecule has 6 N–H and O–H groups in total. The van der Waals surface area contributed by atoms with E-state index in [0.717, 1.165) is 37.8 Å². The molecule has 0 fully saturated rings. The van der Waals surface area contributed by atoms with Gasteiger partial charge in [0.2, 0.25) is 0 Å². The summed E-state index contributed by atoms with van der Waals surface area (Å²) in [6.07, 6.45) is 4.85. The van der Waals surface area contributed by atoms with Gasteiger partial charge in [-0.25, -0.2) is 19.2 Å². The van der Waals surface area contributed by atoms with Crippen LogP contribution in [0.5, 0.6) is 0 Å². The summed E-state index contributed by atoms with van der Waals surface area (Å²) >= 11 is 0. The van der Waals surface area contributed by atoms with Crippen LogP contribution < -0.4 is 22.5 Å². The Labute approximate surface area is 233 Å². The van der Waals surface area contributed by atoms with Crippen molar-refractivity contribution in [2.45, 2.75) is 65.2 Å². The average molecular weight is 587 g/mol. The van der Waals surface area contributed by atoms with Gasteiger partial charge in [0, 0.05) is 31.5 Å². The van der Waals surface area contributed by atoms with Crippen molar-refractivity contribution in [3.8, 4) is 0 Å². The third-order valence-electron chi connectivity index (χ3n) is 5.36. The standard InChI is InChI=1S/C10H2O6.C6H10O4.C6H14O2.C5H12O2/c11-7-3-1-4-6(10(14)16-8(4)12)2-5(3)9(13)15-7;7-5(8)3-1-2-4-6(9)10;7-5-3-1-2-4-6-8;1-5(2,3-6)4-7/h1-2H;1-4H2,(H,7,8)(H,9,10);7-8H,1-6H2;6-7H,3-4H2,1-2H3. The Morgan fingerprint density at radius 2 is 0.878 bits per heavy atom. The summed E-state index contributed by atoms with van der Waals surface area (Å²) < 4.78 is 8.68. The number of unbranched alkanes of at least 4 members (excludes halogenated alkanes) is 4. The molecule has 3 aromatic rings. The number of carbonyl (C=O) groups is 2. The molecule has 0 atom stereocenters. The molecule has 2 heterocycles. The van der Waals surface area contributed by atoms with Crippen molar-refractivity contribution < 1.29 is 49.1 Å². The van der Waals surface area contributed by atoms with E-state index in [1.807, 2.05) is 0 Å². The van der Waals surface area contributed by atoms with Gasteiger partial charge >= 0.3 is 34.4 Å². The van der Waals surface area contributed by atoms with Crippen LogP contribution in [0.25, 0.3) is 21.5 Å². The van der Waals surface area contributed by atoms with Crippen molar-refractivity contribution in [2.75, 3.05) is 26.4 Å². The molecule has 0 aliphatic carbocycles. The third-order valence-corrected chi connectivity index (χ3v) is 5.36. The molecule has 2 aromatic heterocycles. The Morgan fingerprint density at radius 3 is 1.07 bits per heavy atom. The van der Waals surface area contributed by atoms with Gasteiger partial charge in [0.15, 0.2) is 0 Å². The second kappa shape index (κ2) is 19.4. The molecule has 0 radical (unpaired) electrons. The van der Waals surface area contributed by atoms with Crippen LogP contribution in [-0.2, 0) is 9.59 Å². The highest BCUT2D eigenvalue weighted by atomic mass is 16.4. The highest BCUT2D eigenvalue weighted by Gasteiger charge is 2.15. The number of rotatable bonds is 12. The molecule has 0 unspecified atom stereocenters. The number of hydrogen-bond donors (Lipinski definition) is 6. The maximum atomic E-state index is 11.2. The lowest BCUT2D eigenvalue weighted by atomic mass is 9.97. The van der Waals surface area contributed by atoms with E-state index in [-0.39, 0.29) is 66.2 Å². The highest BCUT2D eigenvalue weighted by Crippen LogP contribution is 2.13. The van der Waals surface area contributed by atoms with E-state index >= 15 is 0 Å². The zero-order valence-corrected chi connectivity index (χ0v) is 23.1. The minimum absolute atomic E-state index is 0.0181. The quantitative estimate of drug-likeness (QED) is 0.160. The molecule has 0 bridgehead atoms. The third kappa shape index (κ3) is 14.5. The fourth-order valence-electron chi connectivity index (χ4n) is 2.84. The Hall–Kier alpha value is -3.72.